The molecule has 10 rings (SSSR count). The number of benzene rings is 3. The van der Waals surface area contributed by atoms with Gasteiger partial charge in [-0.2, -0.15) is 4.98 Å². The second kappa shape index (κ2) is 18.5. The summed E-state index contributed by atoms with van der Waals surface area (Å²) in [6.07, 6.45) is 11.1. The van der Waals surface area contributed by atoms with Gasteiger partial charge in [0.15, 0.2) is 5.82 Å². The molecule has 5 aromatic rings. The number of aromatic amines is 1. The van der Waals surface area contributed by atoms with Crippen LogP contribution in [0.2, 0.25) is 0 Å². The number of nitrogens with zero attached hydrogens (tertiary/aromatic N) is 4. The van der Waals surface area contributed by atoms with E-state index in [-0.39, 0.29) is 84.3 Å². The van der Waals surface area contributed by atoms with Gasteiger partial charge in [-0.15, -0.1) is 6.42 Å². The molecule has 4 N–H and O–H groups in total. The molecule has 4 atom stereocenters. The third kappa shape index (κ3) is 9.66. The largest absolute Gasteiger partial charge is 0.508 e. The summed E-state index contributed by atoms with van der Waals surface area (Å²) in [5.41, 5.74) is 0.195. The van der Waals surface area contributed by atoms with Crippen molar-refractivity contribution < 1.29 is 65.6 Å². The van der Waals surface area contributed by atoms with E-state index in [4.69, 9.17) is 16.3 Å². The minimum atomic E-state index is -0.812. The zero-order valence-electron chi connectivity index (χ0n) is 33.3. The van der Waals surface area contributed by atoms with Crippen LogP contribution < -0.4 is 20.6 Å². The van der Waals surface area contributed by atoms with E-state index in [9.17, 15) is 23.5 Å². The van der Waals surface area contributed by atoms with Gasteiger partial charge in [0.1, 0.15) is 35.0 Å². The van der Waals surface area contributed by atoms with E-state index in [0.29, 0.717) is 66.4 Å². The number of ether oxygens (including phenoxy) is 1. The molecular formula is C44H47F3N6O5Y. The predicted molar refractivity (Wildman–Crippen MR) is 216 cm³/mol. The number of terminal acetylenes is 1. The third-order valence-corrected chi connectivity index (χ3v) is 11.3. The van der Waals surface area contributed by atoms with Crippen molar-refractivity contribution in [3.05, 3.63) is 88.0 Å². The molecule has 5 saturated heterocycles. The molecule has 2 aromatic heterocycles. The van der Waals surface area contributed by atoms with Crippen molar-refractivity contribution in [3.8, 4) is 35.1 Å². The first-order valence-electron chi connectivity index (χ1n) is 19.6. The number of pyridine rings is 1. The van der Waals surface area contributed by atoms with Crippen molar-refractivity contribution in [2.75, 3.05) is 31.1 Å². The number of nitrogens with one attached hydrogen (secondary N) is 2. The van der Waals surface area contributed by atoms with Crippen molar-refractivity contribution in [1.82, 2.24) is 25.2 Å². The summed E-state index contributed by atoms with van der Waals surface area (Å²) in [4.78, 5) is 38.8. The molecule has 0 aliphatic carbocycles. The molecule has 11 nitrogen and oxygen atoms in total. The Bertz CT molecular complexity index is 2430. The average Bonchev–Trinajstić information content (AvgIpc) is 3.67. The predicted octanol–water partition coefficient (Wildman–Crippen LogP) is 6.36. The Kier molecular flexibility index (Phi) is 13.8. The van der Waals surface area contributed by atoms with Gasteiger partial charge in [0, 0.05) is 93.5 Å². The Morgan fingerprint density at radius 2 is 1.83 bits per heavy atom. The number of phenolic OH excluding ortho intramolecular Hbond substituents is 1. The molecule has 5 aliphatic rings. The molecule has 5 aliphatic heterocycles. The zero-order valence-corrected chi connectivity index (χ0v) is 36.1. The SMILES string of the molecule is C#Cc1c(F)ccc2cc(O)cc(-c3ncc4c(N5CC6CC(C5)N6)nc(=O)[nH]c4c3F)c12.CC(C)CC(=O)Oc1ccc(CO)cc1.C[C@@]12CCCN1C[C@H](F)C2.[Y]. The maximum atomic E-state index is 15.8. The van der Waals surface area contributed by atoms with Crippen LogP contribution in [0.5, 0.6) is 11.5 Å². The number of hydrogen-bond donors (Lipinski definition) is 4. The molecule has 3 aromatic carbocycles. The topological polar surface area (TPSA) is 144 Å². The maximum Gasteiger partial charge on any atom is 0.347 e. The molecule has 59 heavy (non-hydrogen) atoms. The number of phenols is 1. The number of esters is 1. The number of hydrogen-bond acceptors (Lipinski definition) is 10. The number of carbonyl (C=O) groups excluding carboxylic acids is 1. The molecule has 2 bridgehead atoms. The van der Waals surface area contributed by atoms with Gasteiger partial charge >= 0.3 is 11.7 Å². The quantitative estimate of drug-likeness (QED) is 0.0864. The second-order valence-corrected chi connectivity index (χ2v) is 16.2. The molecule has 15 heteroatoms. The number of carbonyl (C=O) groups is 1. The van der Waals surface area contributed by atoms with Crippen LogP contribution in [0.3, 0.4) is 0 Å². The van der Waals surface area contributed by atoms with Crippen LogP contribution in [-0.2, 0) is 44.1 Å². The standard InChI is InChI=1S/C24H17F2N5O2.C12H16O3.C8H14FN.Y/c1-2-15-18(25)4-3-11-5-14(32)7-16(19(11)15)21-20(26)22-17(8-27-21)23(30-24(33)29-22)31-9-12-6-13(10-31)28-12;1-9(2)7-12(14)15-11-5-3-10(8-13)4-6-11;1-8-3-2-4-10(8)6-7(9)5-8;/h1,3-5,7-8,12-13,28,32H,6,9-10H2,(H,29,30,33);3-6,9,13H,7-8H2,1-2H3;7H,2-6H2,1H3;/t;;7-,8+;/m..1./s1. The number of H-pyrrole nitrogens is 1. The number of rotatable bonds is 6. The van der Waals surface area contributed by atoms with Crippen LogP contribution in [0, 0.1) is 29.9 Å². The second-order valence-electron chi connectivity index (χ2n) is 16.2. The fourth-order valence-electron chi connectivity index (χ4n) is 8.51. The van der Waals surface area contributed by atoms with E-state index >= 15 is 4.39 Å². The number of halogens is 3. The van der Waals surface area contributed by atoms with Gasteiger partial charge in [0.05, 0.1) is 23.1 Å². The maximum absolute atomic E-state index is 15.8. The monoisotopic (exact) mass is 885 g/mol. The molecule has 0 saturated carbocycles. The van der Waals surface area contributed by atoms with Gasteiger partial charge in [-0.05, 0) is 86.4 Å². The van der Waals surface area contributed by atoms with Gasteiger partial charge in [0.2, 0.25) is 0 Å². The van der Waals surface area contributed by atoms with Crippen molar-refractivity contribution in [3.63, 3.8) is 0 Å². The molecular weight excluding hydrogens is 838 g/mol. The van der Waals surface area contributed by atoms with Crippen LogP contribution in [0.1, 0.15) is 64.0 Å². The van der Waals surface area contributed by atoms with Crippen LogP contribution in [0.25, 0.3) is 32.9 Å². The summed E-state index contributed by atoms with van der Waals surface area (Å²) < 4.78 is 48.2. The van der Waals surface area contributed by atoms with Gasteiger partial charge in [0.25, 0.3) is 0 Å². The molecule has 2 unspecified atom stereocenters. The summed E-state index contributed by atoms with van der Waals surface area (Å²) in [5, 5.41) is 23.5. The molecule has 0 amide bonds. The van der Waals surface area contributed by atoms with E-state index in [2.05, 4.69) is 38.0 Å². The number of piperidine rings is 1. The average molecular weight is 886 g/mol. The third-order valence-electron chi connectivity index (χ3n) is 11.3. The van der Waals surface area contributed by atoms with Crippen LogP contribution in [0.4, 0.5) is 19.0 Å². The number of aliphatic hydroxyl groups excluding tert-OH is 1. The number of piperazine rings is 1. The van der Waals surface area contributed by atoms with Gasteiger partial charge in [-0.1, -0.05) is 38.0 Å². The molecule has 307 valence electrons. The van der Waals surface area contributed by atoms with Gasteiger partial charge in [-0.25, -0.2) is 18.0 Å². The Labute approximate surface area is 365 Å². The van der Waals surface area contributed by atoms with E-state index < -0.39 is 23.5 Å². The minimum Gasteiger partial charge on any atom is -0.508 e. The normalized spacial score (nSPS) is 21.7. The van der Waals surface area contributed by atoms with Crippen LogP contribution >= 0.6 is 0 Å². The smallest absolute Gasteiger partial charge is 0.347 e. The first-order chi connectivity index (χ1) is 27.7. The fourth-order valence-corrected chi connectivity index (χ4v) is 8.51. The summed E-state index contributed by atoms with van der Waals surface area (Å²) >= 11 is 0. The minimum absolute atomic E-state index is 0. The van der Waals surface area contributed by atoms with E-state index in [1.54, 1.807) is 24.3 Å². The number of aliphatic hydroxyl groups is 1. The number of aromatic hydroxyl groups is 1. The van der Waals surface area contributed by atoms with Crippen molar-refractivity contribution in [2.45, 2.75) is 83.3 Å². The fraction of sp³-hybridized carbons (Fsp3) is 0.409. The van der Waals surface area contributed by atoms with Gasteiger partial charge in [-0.3, -0.25) is 14.7 Å². The van der Waals surface area contributed by atoms with E-state index in [1.165, 1.54) is 43.3 Å². The molecule has 1 radical (unpaired) electrons. The molecule has 5 fully saturated rings. The molecule has 0 spiro atoms. The van der Waals surface area contributed by atoms with E-state index in [1.807, 2.05) is 18.7 Å². The number of aromatic nitrogens is 3. The first-order valence-corrected chi connectivity index (χ1v) is 19.6. The number of fused-ring (bicyclic) bond motifs is 5. The summed E-state index contributed by atoms with van der Waals surface area (Å²) in [7, 11) is 0. The summed E-state index contributed by atoms with van der Waals surface area (Å²) in [6.45, 7) is 9.26. The van der Waals surface area contributed by atoms with Crippen molar-refractivity contribution >= 4 is 33.5 Å². The van der Waals surface area contributed by atoms with Crippen molar-refractivity contribution in [1.29, 1.82) is 0 Å². The Morgan fingerprint density at radius 1 is 1.12 bits per heavy atom. The van der Waals surface area contributed by atoms with Crippen LogP contribution in [0.15, 0.2) is 59.5 Å². The summed E-state index contributed by atoms with van der Waals surface area (Å²) in [5.74, 6) is 1.68. The summed E-state index contributed by atoms with van der Waals surface area (Å²) in [6, 6.07) is 12.8. The van der Waals surface area contributed by atoms with Crippen molar-refractivity contribution in [2.24, 2.45) is 5.92 Å². The Morgan fingerprint density at radius 3 is 2.47 bits per heavy atom. The van der Waals surface area contributed by atoms with Crippen LogP contribution in [-0.4, -0.2) is 86.0 Å². The Hall–Kier alpha value is -4.39. The number of anilines is 1. The number of alkyl halides is 1. The zero-order chi connectivity index (χ0) is 41.3. The Balaban J connectivity index is 0.000000185. The molecule has 7 heterocycles. The first kappa shape index (κ1) is 44.2. The van der Waals surface area contributed by atoms with E-state index in [0.717, 1.165) is 24.9 Å². The van der Waals surface area contributed by atoms with Gasteiger partial charge < -0.3 is 30.2 Å².